The second-order valence-electron chi connectivity index (χ2n) is 6.15. The van der Waals surface area contributed by atoms with Crippen LogP contribution in [0.3, 0.4) is 0 Å². The third-order valence-corrected chi connectivity index (χ3v) is 4.72. The van der Waals surface area contributed by atoms with E-state index in [0.29, 0.717) is 18.8 Å². The molecule has 7 heteroatoms. The summed E-state index contributed by atoms with van der Waals surface area (Å²) in [6.45, 7) is 2.63. The first-order valence-corrected chi connectivity index (χ1v) is 8.28. The Balaban J connectivity index is 1.57. The number of amides is 1. The first kappa shape index (κ1) is 17.5. The molecule has 2 heterocycles. The van der Waals surface area contributed by atoms with Gasteiger partial charge in [-0.05, 0) is 25.1 Å². The van der Waals surface area contributed by atoms with Crippen LogP contribution in [-0.2, 0) is 18.3 Å². The summed E-state index contributed by atoms with van der Waals surface area (Å²) in [5.74, 6) is -0.188. The van der Waals surface area contributed by atoms with Gasteiger partial charge < -0.3 is 14.2 Å². The highest BCUT2D eigenvalue weighted by atomic mass is 35.5. The van der Waals surface area contributed by atoms with Crippen LogP contribution in [0, 0.1) is 12.7 Å². The Morgan fingerprint density at radius 1 is 1.36 bits per heavy atom. The van der Waals surface area contributed by atoms with Crippen molar-refractivity contribution in [3.63, 3.8) is 0 Å². The van der Waals surface area contributed by atoms with E-state index in [4.69, 9.17) is 16.3 Å². The van der Waals surface area contributed by atoms with Crippen LogP contribution >= 0.6 is 11.6 Å². The van der Waals surface area contributed by atoms with Gasteiger partial charge in [0.1, 0.15) is 17.7 Å². The van der Waals surface area contributed by atoms with Gasteiger partial charge in [0.05, 0.1) is 19.5 Å². The molecule has 1 saturated heterocycles. The zero-order valence-corrected chi connectivity index (χ0v) is 14.7. The normalized spacial score (nSPS) is 14.3. The summed E-state index contributed by atoms with van der Waals surface area (Å²) in [5.41, 5.74) is 0.862. The fourth-order valence-electron chi connectivity index (χ4n) is 2.68. The van der Waals surface area contributed by atoms with E-state index in [2.05, 4.69) is 0 Å². The standard InChI is InChI=1S/C18H18ClFN2O3/c1-11-6-12(7-17(23)21(11)2)25-13-9-22(10-13)18(24)8-14-15(19)4-3-5-16(14)20/h3-7,13H,8-10H2,1-2H3. The maximum absolute atomic E-state index is 13.8. The van der Waals surface area contributed by atoms with Crippen LogP contribution in [0.2, 0.25) is 5.02 Å². The number of pyridine rings is 1. The highest BCUT2D eigenvalue weighted by molar-refractivity contribution is 6.31. The van der Waals surface area contributed by atoms with E-state index in [1.165, 1.54) is 22.8 Å². The molecule has 0 aliphatic carbocycles. The topological polar surface area (TPSA) is 51.5 Å². The smallest absolute Gasteiger partial charge is 0.254 e. The highest BCUT2D eigenvalue weighted by Crippen LogP contribution is 2.22. The molecule has 0 atom stereocenters. The molecule has 2 aromatic rings. The largest absolute Gasteiger partial charge is 0.486 e. The van der Waals surface area contributed by atoms with Gasteiger partial charge in [0, 0.05) is 29.4 Å². The summed E-state index contributed by atoms with van der Waals surface area (Å²) in [4.78, 5) is 25.6. The van der Waals surface area contributed by atoms with Crippen LogP contribution in [0.4, 0.5) is 4.39 Å². The lowest BCUT2D eigenvalue weighted by molar-refractivity contribution is -0.139. The molecule has 0 N–H and O–H groups in total. The average molecular weight is 365 g/mol. The molecule has 1 aliphatic rings. The van der Waals surface area contributed by atoms with Gasteiger partial charge in [-0.25, -0.2) is 4.39 Å². The van der Waals surface area contributed by atoms with Gasteiger partial charge in [-0.15, -0.1) is 0 Å². The number of halogens is 2. The summed E-state index contributed by atoms with van der Waals surface area (Å²) in [6, 6.07) is 7.56. The van der Waals surface area contributed by atoms with E-state index in [9.17, 15) is 14.0 Å². The van der Waals surface area contributed by atoms with E-state index in [0.717, 1.165) is 5.69 Å². The van der Waals surface area contributed by atoms with Crippen molar-refractivity contribution in [3.8, 4) is 5.75 Å². The zero-order chi connectivity index (χ0) is 18.1. The molecular weight excluding hydrogens is 347 g/mol. The number of aromatic nitrogens is 1. The lowest BCUT2D eigenvalue weighted by atomic mass is 10.1. The molecule has 1 amide bonds. The Morgan fingerprint density at radius 2 is 2.08 bits per heavy atom. The van der Waals surface area contributed by atoms with Gasteiger partial charge in [-0.1, -0.05) is 17.7 Å². The van der Waals surface area contributed by atoms with Gasteiger partial charge in [-0.2, -0.15) is 0 Å². The lowest BCUT2D eigenvalue weighted by Gasteiger charge is -2.39. The van der Waals surface area contributed by atoms with Gasteiger partial charge in [-0.3, -0.25) is 9.59 Å². The van der Waals surface area contributed by atoms with Crippen molar-refractivity contribution in [3.05, 3.63) is 62.8 Å². The van der Waals surface area contributed by atoms with Crippen LogP contribution in [0.5, 0.6) is 5.75 Å². The van der Waals surface area contributed by atoms with E-state index in [-0.39, 0.29) is 34.6 Å². The number of hydrogen-bond acceptors (Lipinski definition) is 3. The second-order valence-corrected chi connectivity index (χ2v) is 6.55. The Bertz CT molecular complexity index is 855. The SMILES string of the molecule is Cc1cc(OC2CN(C(=O)Cc3c(F)cccc3Cl)C2)cc(=O)n1C. The van der Waals surface area contributed by atoms with Crippen LogP contribution < -0.4 is 10.3 Å². The molecule has 0 saturated carbocycles. The minimum Gasteiger partial charge on any atom is -0.486 e. The van der Waals surface area contributed by atoms with Gasteiger partial charge in [0.2, 0.25) is 5.91 Å². The molecule has 0 spiro atoms. The minimum atomic E-state index is -0.482. The quantitative estimate of drug-likeness (QED) is 0.836. The Kier molecular flexibility index (Phi) is 4.81. The van der Waals surface area contributed by atoms with Gasteiger partial charge >= 0.3 is 0 Å². The van der Waals surface area contributed by atoms with E-state index >= 15 is 0 Å². The van der Waals surface area contributed by atoms with E-state index in [1.807, 2.05) is 6.92 Å². The third kappa shape index (κ3) is 3.69. The Hall–Kier alpha value is -2.34. The van der Waals surface area contributed by atoms with Crippen LogP contribution in [0.25, 0.3) is 0 Å². The molecule has 25 heavy (non-hydrogen) atoms. The Labute approximate surface area is 149 Å². The van der Waals surface area contributed by atoms with Crippen molar-refractivity contribution in [2.45, 2.75) is 19.4 Å². The highest BCUT2D eigenvalue weighted by Gasteiger charge is 2.32. The van der Waals surface area contributed by atoms with E-state index < -0.39 is 5.82 Å². The van der Waals surface area contributed by atoms with Gasteiger partial charge in [0.25, 0.3) is 5.56 Å². The molecule has 0 radical (unpaired) electrons. The molecule has 132 valence electrons. The number of rotatable bonds is 4. The van der Waals surface area contributed by atoms with Crippen LogP contribution in [0.15, 0.2) is 35.1 Å². The monoisotopic (exact) mass is 364 g/mol. The third-order valence-electron chi connectivity index (χ3n) is 4.37. The van der Waals surface area contributed by atoms with Crippen molar-refractivity contribution < 1.29 is 13.9 Å². The maximum atomic E-state index is 13.8. The number of ether oxygens (including phenoxy) is 1. The minimum absolute atomic E-state index is 0.0801. The van der Waals surface area contributed by atoms with Crippen molar-refractivity contribution in [1.29, 1.82) is 0 Å². The predicted molar refractivity (Wildman–Crippen MR) is 92.5 cm³/mol. The second kappa shape index (κ2) is 6.88. The summed E-state index contributed by atoms with van der Waals surface area (Å²) in [5, 5.41) is 0.247. The van der Waals surface area contributed by atoms with Crippen molar-refractivity contribution in [2.75, 3.05) is 13.1 Å². The molecule has 0 unspecified atom stereocenters. The van der Waals surface area contributed by atoms with E-state index in [1.54, 1.807) is 24.1 Å². The predicted octanol–water partition coefficient (Wildman–Crippen LogP) is 2.32. The number of carbonyl (C=O) groups excluding carboxylic acids is 1. The summed E-state index contributed by atoms with van der Waals surface area (Å²) in [6.07, 6.45) is -0.255. The molecule has 1 aliphatic heterocycles. The average Bonchev–Trinajstić information content (AvgIpc) is 2.51. The fourth-order valence-corrected chi connectivity index (χ4v) is 2.91. The number of nitrogens with zero attached hydrogens (tertiary/aromatic N) is 2. The fraction of sp³-hybridized carbons (Fsp3) is 0.333. The van der Waals surface area contributed by atoms with Crippen LogP contribution in [-0.4, -0.2) is 34.6 Å². The number of aryl methyl sites for hydroxylation is 1. The first-order valence-electron chi connectivity index (χ1n) is 7.90. The molecule has 0 bridgehead atoms. The summed E-state index contributed by atoms with van der Waals surface area (Å²) in [7, 11) is 1.69. The van der Waals surface area contributed by atoms with Crippen LogP contribution in [0.1, 0.15) is 11.3 Å². The summed E-state index contributed by atoms with van der Waals surface area (Å²) < 4.78 is 21.0. The molecular formula is C18H18ClFN2O3. The first-order chi connectivity index (χ1) is 11.8. The molecule has 5 nitrogen and oxygen atoms in total. The number of carbonyl (C=O) groups is 1. The number of hydrogen-bond donors (Lipinski definition) is 0. The molecule has 3 rings (SSSR count). The zero-order valence-electron chi connectivity index (χ0n) is 14.0. The molecule has 1 aromatic carbocycles. The number of likely N-dealkylation sites (tertiary alicyclic amines) is 1. The number of benzene rings is 1. The molecule has 1 aromatic heterocycles. The van der Waals surface area contributed by atoms with Crippen molar-refractivity contribution in [2.24, 2.45) is 7.05 Å². The van der Waals surface area contributed by atoms with Crippen molar-refractivity contribution in [1.82, 2.24) is 9.47 Å². The lowest BCUT2D eigenvalue weighted by Crippen LogP contribution is -2.56. The summed E-state index contributed by atoms with van der Waals surface area (Å²) >= 11 is 5.95. The molecule has 1 fully saturated rings. The van der Waals surface area contributed by atoms with Crippen molar-refractivity contribution >= 4 is 17.5 Å². The maximum Gasteiger partial charge on any atom is 0.254 e. The van der Waals surface area contributed by atoms with Gasteiger partial charge in [0.15, 0.2) is 0 Å². The Morgan fingerprint density at radius 3 is 2.72 bits per heavy atom.